The first kappa shape index (κ1) is 18.2. The summed E-state index contributed by atoms with van der Waals surface area (Å²) in [5, 5.41) is 2.51. The van der Waals surface area contributed by atoms with Crippen LogP contribution in [-0.4, -0.2) is 14.7 Å². The molecular formula is C24H26O2S. The molecule has 1 saturated carbocycles. The van der Waals surface area contributed by atoms with Crippen LogP contribution in [0.2, 0.25) is 0 Å². The lowest BCUT2D eigenvalue weighted by Crippen LogP contribution is -2.10. The number of fused-ring (bicyclic) bond motifs is 1. The first-order chi connectivity index (χ1) is 12.9. The molecule has 4 rings (SSSR count). The molecule has 0 aromatic heterocycles. The highest BCUT2D eigenvalue weighted by Crippen LogP contribution is 2.37. The van der Waals surface area contributed by atoms with Crippen LogP contribution in [0.15, 0.2) is 65.6 Å². The van der Waals surface area contributed by atoms with Crippen LogP contribution in [0, 0.1) is 5.92 Å². The molecular weight excluding hydrogens is 352 g/mol. The first-order valence-electron chi connectivity index (χ1n) is 9.74. The predicted molar refractivity (Wildman–Crippen MR) is 113 cm³/mol. The van der Waals surface area contributed by atoms with Gasteiger partial charge in [0.1, 0.15) is 0 Å². The average Bonchev–Trinajstić information content (AvgIpc) is 2.67. The standard InChI is InChI=1S/C24H26O2S/c1-17-3-5-18(6-4-17)21-9-7-20-8-10-22(16-23(20)15-21)19-11-13-24(14-12-19)27(2,25)26/h7-18H,3-6H2,1-2H3. The van der Waals surface area contributed by atoms with Crippen LogP contribution in [-0.2, 0) is 9.84 Å². The topological polar surface area (TPSA) is 34.1 Å². The summed E-state index contributed by atoms with van der Waals surface area (Å²) in [5.41, 5.74) is 3.62. The van der Waals surface area contributed by atoms with E-state index < -0.39 is 9.84 Å². The van der Waals surface area contributed by atoms with E-state index in [1.165, 1.54) is 48.3 Å². The van der Waals surface area contributed by atoms with Crippen molar-refractivity contribution in [1.29, 1.82) is 0 Å². The van der Waals surface area contributed by atoms with Gasteiger partial charge in [0.15, 0.2) is 9.84 Å². The summed E-state index contributed by atoms with van der Waals surface area (Å²) in [5.74, 6) is 1.55. The third kappa shape index (κ3) is 3.93. The maximum atomic E-state index is 11.7. The van der Waals surface area contributed by atoms with Crippen molar-refractivity contribution in [2.45, 2.75) is 43.4 Å². The summed E-state index contributed by atoms with van der Waals surface area (Å²) in [6, 6.07) is 20.5. The zero-order valence-electron chi connectivity index (χ0n) is 16.0. The Morgan fingerprint density at radius 1 is 0.741 bits per heavy atom. The predicted octanol–water partition coefficient (Wildman–Crippen LogP) is 6.20. The van der Waals surface area contributed by atoms with Crippen molar-refractivity contribution < 1.29 is 8.42 Å². The summed E-state index contributed by atoms with van der Waals surface area (Å²) >= 11 is 0. The molecule has 0 saturated heterocycles. The van der Waals surface area contributed by atoms with Crippen LogP contribution in [0.1, 0.15) is 44.1 Å². The molecule has 1 aliphatic rings. The fourth-order valence-electron chi connectivity index (χ4n) is 4.19. The van der Waals surface area contributed by atoms with Gasteiger partial charge in [-0.2, -0.15) is 0 Å². The highest BCUT2D eigenvalue weighted by atomic mass is 32.2. The average molecular weight is 379 g/mol. The van der Waals surface area contributed by atoms with Gasteiger partial charge in [0.25, 0.3) is 0 Å². The SMILES string of the molecule is CC1CCC(c2ccc3ccc(-c4ccc(S(C)(=O)=O)cc4)cc3c2)CC1. The lowest BCUT2D eigenvalue weighted by molar-refractivity contribution is 0.348. The van der Waals surface area contributed by atoms with Gasteiger partial charge in [0.2, 0.25) is 0 Å². The van der Waals surface area contributed by atoms with E-state index in [9.17, 15) is 8.42 Å². The minimum atomic E-state index is -3.16. The number of hydrogen-bond acceptors (Lipinski definition) is 2. The maximum absolute atomic E-state index is 11.7. The molecule has 0 N–H and O–H groups in total. The van der Waals surface area contributed by atoms with Crippen molar-refractivity contribution in [3.63, 3.8) is 0 Å². The largest absolute Gasteiger partial charge is 0.224 e. The highest BCUT2D eigenvalue weighted by molar-refractivity contribution is 7.90. The van der Waals surface area contributed by atoms with Gasteiger partial charge in [0, 0.05) is 6.26 Å². The molecule has 0 bridgehead atoms. The van der Waals surface area contributed by atoms with E-state index in [1.54, 1.807) is 12.1 Å². The Morgan fingerprint density at radius 3 is 2.04 bits per heavy atom. The second-order valence-corrected chi connectivity index (χ2v) is 10.1. The molecule has 0 spiro atoms. The van der Waals surface area contributed by atoms with Gasteiger partial charge in [0.05, 0.1) is 4.90 Å². The van der Waals surface area contributed by atoms with Crippen molar-refractivity contribution >= 4 is 20.6 Å². The van der Waals surface area contributed by atoms with Crippen molar-refractivity contribution in [3.8, 4) is 11.1 Å². The van der Waals surface area contributed by atoms with Gasteiger partial charge >= 0.3 is 0 Å². The summed E-state index contributed by atoms with van der Waals surface area (Å²) < 4.78 is 23.3. The molecule has 1 fully saturated rings. The van der Waals surface area contributed by atoms with Crippen molar-refractivity contribution in [1.82, 2.24) is 0 Å². The molecule has 0 radical (unpaired) electrons. The van der Waals surface area contributed by atoms with E-state index in [4.69, 9.17) is 0 Å². The lowest BCUT2D eigenvalue weighted by Gasteiger charge is -2.26. The Kier molecular flexibility index (Phi) is 4.81. The molecule has 1 aliphatic carbocycles. The Balaban J connectivity index is 1.66. The molecule has 0 amide bonds. The van der Waals surface area contributed by atoms with Crippen LogP contribution in [0.3, 0.4) is 0 Å². The first-order valence-corrected chi connectivity index (χ1v) is 11.6. The van der Waals surface area contributed by atoms with Gasteiger partial charge in [-0.15, -0.1) is 0 Å². The molecule has 2 nitrogen and oxygen atoms in total. The Labute approximate surface area is 162 Å². The van der Waals surface area contributed by atoms with Crippen molar-refractivity contribution in [2.75, 3.05) is 6.26 Å². The highest BCUT2D eigenvalue weighted by Gasteiger charge is 2.19. The van der Waals surface area contributed by atoms with Crippen LogP contribution >= 0.6 is 0 Å². The molecule has 0 atom stereocenters. The Bertz CT molecular complexity index is 1060. The summed E-state index contributed by atoms with van der Waals surface area (Å²) in [7, 11) is -3.16. The normalized spacial score (nSPS) is 20.7. The molecule has 3 aromatic carbocycles. The summed E-state index contributed by atoms with van der Waals surface area (Å²) in [4.78, 5) is 0.362. The lowest BCUT2D eigenvalue weighted by atomic mass is 9.79. The maximum Gasteiger partial charge on any atom is 0.175 e. The number of rotatable bonds is 3. The van der Waals surface area contributed by atoms with E-state index in [0.29, 0.717) is 10.8 Å². The smallest absolute Gasteiger partial charge is 0.175 e. The molecule has 0 aliphatic heterocycles. The zero-order chi connectivity index (χ0) is 19.0. The van der Waals surface area contributed by atoms with Gasteiger partial charge < -0.3 is 0 Å². The summed E-state index contributed by atoms with van der Waals surface area (Å²) in [6.45, 7) is 2.36. The zero-order valence-corrected chi connectivity index (χ0v) is 16.8. The quantitative estimate of drug-likeness (QED) is 0.543. The van der Waals surface area contributed by atoms with Crippen LogP contribution in [0.5, 0.6) is 0 Å². The van der Waals surface area contributed by atoms with Gasteiger partial charge in [-0.1, -0.05) is 62.2 Å². The monoisotopic (exact) mass is 378 g/mol. The van der Waals surface area contributed by atoms with Crippen LogP contribution in [0.4, 0.5) is 0 Å². The number of hydrogen-bond donors (Lipinski definition) is 0. The molecule has 3 aromatic rings. The minimum Gasteiger partial charge on any atom is -0.224 e. The second kappa shape index (κ2) is 7.12. The Morgan fingerprint density at radius 2 is 1.37 bits per heavy atom. The van der Waals surface area contributed by atoms with Crippen molar-refractivity contribution in [3.05, 3.63) is 66.2 Å². The third-order valence-electron chi connectivity index (χ3n) is 5.97. The van der Waals surface area contributed by atoms with E-state index in [-0.39, 0.29) is 0 Å². The summed E-state index contributed by atoms with van der Waals surface area (Å²) in [6.07, 6.45) is 6.48. The van der Waals surface area contributed by atoms with Gasteiger partial charge in [-0.3, -0.25) is 0 Å². The fourth-order valence-corrected chi connectivity index (χ4v) is 4.82. The van der Waals surface area contributed by atoms with Crippen LogP contribution < -0.4 is 0 Å². The number of benzene rings is 3. The van der Waals surface area contributed by atoms with Crippen LogP contribution in [0.25, 0.3) is 21.9 Å². The fraction of sp³-hybridized carbons (Fsp3) is 0.333. The molecule has 0 unspecified atom stereocenters. The van der Waals surface area contributed by atoms with E-state index in [0.717, 1.165) is 17.0 Å². The number of sulfone groups is 1. The van der Waals surface area contributed by atoms with Gasteiger partial charge in [-0.05, 0) is 70.3 Å². The van der Waals surface area contributed by atoms with E-state index in [2.05, 4.69) is 43.3 Å². The van der Waals surface area contributed by atoms with Crippen molar-refractivity contribution in [2.24, 2.45) is 5.92 Å². The molecule has 3 heteroatoms. The van der Waals surface area contributed by atoms with E-state index >= 15 is 0 Å². The molecule has 140 valence electrons. The van der Waals surface area contributed by atoms with E-state index in [1.807, 2.05) is 12.1 Å². The minimum absolute atomic E-state index is 0.362. The van der Waals surface area contributed by atoms with Gasteiger partial charge in [-0.25, -0.2) is 8.42 Å². The molecule has 27 heavy (non-hydrogen) atoms. The Hall–Kier alpha value is -2.13. The third-order valence-corrected chi connectivity index (χ3v) is 7.10. The molecule has 0 heterocycles. The second-order valence-electron chi connectivity index (χ2n) is 8.07.